The fraction of sp³-hybridized carbons (Fsp3) is 0.792. The topological polar surface area (TPSA) is 102 Å². The van der Waals surface area contributed by atoms with E-state index in [2.05, 4.69) is 62.5 Å². The van der Waals surface area contributed by atoms with Crippen molar-refractivity contribution in [1.82, 2.24) is 0 Å². The molecule has 8 heteroatoms. The minimum atomic E-state index is -1.13. The van der Waals surface area contributed by atoms with Crippen molar-refractivity contribution in [3.63, 3.8) is 0 Å². The van der Waals surface area contributed by atoms with Crippen LogP contribution in [0.4, 0.5) is 0 Å². The molecule has 0 aliphatic heterocycles. The molecule has 2 unspecified atom stereocenters. The molecule has 0 aromatic rings. The van der Waals surface area contributed by atoms with E-state index in [4.69, 9.17) is 14.2 Å². The molecular weight excluding hydrogens is 763 g/mol. The Labute approximate surface area is 376 Å². The maximum Gasteiger partial charge on any atom is 0.306 e. The first-order valence-electron chi connectivity index (χ1n) is 25.2. The fourth-order valence-electron chi connectivity index (χ4n) is 7.38. The van der Waals surface area contributed by atoms with E-state index in [9.17, 15) is 19.5 Å². The van der Waals surface area contributed by atoms with Gasteiger partial charge < -0.3 is 28.6 Å². The second-order valence-corrected chi connectivity index (χ2v) is 18.2. The average Bonchev–Trinajstić information content (AvgIpc) is 3.22. The zero-order chi connectivity index (χ0) is 44.9. The molecule has 0 saturated heterocycles. The summed E-state index contributed by atoms with van der Waals surface area (Å²) in [6.45, 7) is 4.63. The lowest BCUT2D eigenvalue weighted by atomic mass is 10.0. The Balaban J connectivity index is 4.30. The number of ether oxygens (including phenoxy) is 3. The molecule has 0 spiro atoms. The Bertz CT molecular complexity index is 1140. The van der Waals surface area contributed by atoms with E-state index >= 15 is 0 Å². The van der Waals surface area contributed by atoms with Crippen LogP contribution >= 0.6 is 0 Å². The van der Waals surface area contributed by atoms with Gasteiger partial charge in [0, 0.05) is 19.3 Å². The highest BCUT2D eigenvalue weighted by Gasteiger charge is 2.25. The third-order valence-corrected chi connectivity index (χ3v) is 11.3. The first-order valence-corrected chi connectivity index (χ1v) is 25.2. The lowest BCUT2D eigenvalue weighted by molar-refractivity contribution is -0.889. The molecule has 0 aromatic heterocycles. The van der Waals surface area contributed by atoms with Gasteiger partial charge >= 0.3 is 11.9 Å². The Morgan fingerprint density at radius 3 is 1.31 bits per heavy atom. The van der Waals surface area contributed by atoms with E-state index in [1.165, 1.54) is 122 Å². The molecule has 2 atom stereocenters. The number of esters is 2. The molecule has 0 rings (SSSR count). The van der Waals surface area contributed by atoms with Crippen molar-refractivity contribution in [2.24, 2.45) is 0 Å². The molecule has 0 fully saturated rings. The predicted molar refractivity (Wildman–Crippen MR) is 254 cm³/mol. The number of hydrogen-bond acceptors (Lipinski definition) is 7. The fourth-order valence-corrected chi connectivity index (χ4v) is 7.38. The van der Waals surface area contributed by atoms with Crippen LogP contribution in [0.3, 0.4) is 0 Å². The molecule has 0 aliphatic carbocycles. The van der Waals surface area contributed by atoms with Gasteiger partial charge in [0.05, 0.1) is 40.3 Å². The summed E-state index contributed by atoms with van der Waals surface area (Å²) in [5.74, 6) is -1.76. The van der Waals surface area contributed by atoms with Gasteiger partial charge in [0.2, 0.25) is 0 Å². The largest absolute Gasteiger partial charge is 0.544 e. The van der Waals surface area contributed by atoms with Crippen molar-refractivity contribution in [1.29, 1.82) is 0 Å². The summed E-state index contributed by atoms with van der Waals surface area (Å²) in [5.41, 5.74) is 0. The van der Waals surface area contributed by atoms with E-state index in [0.717, 1.165) is 64.2 Å². The van der Waals surface area contributed by atoms with E-state index in [0.29, 0.717) is 12.8 Å². The van der Waals surface area contributed by atoms with Crippen LogP contribution < -0.4 is 5.11 Å². The minimum absolute atomic E-state index is 0.0343. The number of hydrogen-bond donors (Lipinski definition) is 0. The van der Waals surface area contributed by atoms with Crippen LogP contribution in [0.2, 0.25) is 0 Å². The van der Waals surface area contributed by atoms with Crippen molar-refractivity contribution in [2.75, 3.05) is 41.0 Å². The smallest absolute Gasteiger partial charge is 0.306 e. The first-order chi connectivity index (χ1) is 29.6. The highest BCUT2D eigenvalue weighted by atomic mass is 16.6. The number of unbranched alkanes of at least 4 members (excludes halogenated alkanes) is 26. The van der Waals surface area contributed by atoms with E-state index in [1.807, 2.05) is 0 Å². The summed E-state index contributed by atoms with van der Waals surface area (Å²) in [4.78, 5) is 37.0. The van der Waals surface area contributed by atoms with Gasteiger partial charge in [0.25, 0.3) is 0 Å². The maximum atomic E-state index is 12.8. The normalized spacial score (nSPS) is 13.3. The molecule has 0 aliphatic rings. The lowest BCUT2D eigenvalue weighted by Gasteiger charge is -2.34. The van der Waals surface area contributed by atoms with E-state index < -0.39 is 18.1 Å². The molecule has 0 radical (unpaired) electrons. The Kier molecular flexibility index (Phi) is 42.0. The summed E-state index contributed by atoms with van der Waals surface area (Å²) < 4.78 is 17.2. The van der Waals surface area contributed by atoms with Crippen molar-refractivity contribution >= 4 is 17.9 Å². The summed E-state index contributed by atoms with van der Waals surface area (Å²) >= 11 is 0. The van der Waals surface area contributed by atoms with Crippen molar-refractivity contribution in [3.05, 3.63) is 48.6 Å². The number of allylic oxidation sites excluding steroid dienone is 8. The highest BCUT2D eigenvalue weighted by Crippen LogP contribution is 2.16. The van der Waals surface area contributed by atoms with Gasteiger partial charge in [-0.1, -0.05) is 210 Å². The van der Waals surface area contributed by atoms with Gasteiger partial charge in [0.15, 0.2) is 6.10 Å². The van der Waals surface area contributed by atoms with Gasteiger partial charge in [-0.05, 0) is 38.5 Å². The highest BCUT2D eigenvalue weighted by molar-refractivity contribution is 5.70. The predicted octanol–water partition coefficient (Wildman–Crippen LogP) is 13.0. The second kappa shape index (κ2) is 43.9. The number of quaternary nitrogens is 1. The zero-order valence-corrected chi connectivity index (χ0v) is 40.3. The average molecular weight is 858 g/mol. The number of carboxylic acid groups (broad SMARTS) is 1. The Morgan fingerprint density at radius 2 is 0.869 bits per heavy atom. The summed E-state index contributed by atoms with van der Waals surface area (Å²) in [5, 5.41) is 11.7. The number of likely N-dealkylation sites (N-methyl/N-ethyl adjacent to an activating group) is 1. The number of nitrogens with zero attached hydrogens (tertiary/aromatic N) is 1. The maximum absolute atomic E-state index is 12.8. The van der Waals surface area contributed by atoms with E-state index in [1.54, 1.807) is 21.1 Å². The summed E-state index contributed by atoms with van der Waals surface area (Å²) in [6.07, 6.45) is 52.7. The molecule has 0 aromatic carbocycles. The van der Waals surface area contributed by atoms with Gasteiger partial charge in [0.1, 0.15) is 12.6 Å². The third kappa shape index (κ3) is 42.4. The number of carboxylic acids is 1. The molecule has 0 bridgehead atoms. The zero-order valence-electron chi connectivity index (χ0n) is 40.3. The molecule has 0 saturated carbocycles. The van der Waals surface area contributed by atoms with Crippen LogP contribution in [-0.2, 0) is 28.6 Å². The molecule has 0 amide bonds. The van der Waals surface area contributed by atoms with Gasteiger partial charge in [-0.25, -0.2) is 0 Å². The summed E-state index contributed by atoms with van der Waals surface area (Å²) in [6, 6.07) is -0.730. The van der Waals surface area contributed by atoms with Crippen LogP contribution in [0.15, 0.2) is 48.6 Å². The number of rotatable bonds is 45. The molecule has 0 N–H and O–H groups in total. The molecule has 0 heterocycles. The minimum Gasteiger partial charge on any atom is -0.544 e. The van der Waals surface area contributed by atoms with Crippen LogP contribution in [0, 0.1) is 0 Å². The van der Waals surface area contributed by atoms with Crippen LogP contribution in [-0.4, -0.2) is 75.5 Å². The van der Waals surface area contributed by atoms with Crippen LogP contribution in [0.1, 0.15) is 219 Å². The first kappa shape index (κ1) is 58.3. The number of carbonyl (C=O) groups is 3. The Hall–Kier alpha value is -2.71. The Morgan fingerprint density at radius 1 is 0.492 bits per heavy atom. The molecule has 8 nitrogen and oxygen atoms in total. The standard InChI is InChI=1S/C53H95NO7/c1-6-8-10-12-14-16-18-20-22-24-26-28-30-32-34-36-38-40-42-44-52(56)61-49(47-59-46-45-50(53(57)58)54(3,4)5)48-60-51(55)43-41-39-37-35-33-31-29-27-25-23-21-19-17-15-13-11-9-7-2/h15,17,19,21,23,25,27,29,49-50H,6-14,16,18,20,22,24,26,28,30-48H2,1-5H3/b17-15+,21-19+,25-23+,29-27+. The van der Waals surface area contributed by atoms with Crippen molar-refractivity contribution < 1.29 is 38.2 Å². The number of aliphatic carboxylic acids is 1. The SMILES string of the molecule is CCCCC/C=C/C=C/C=C/C=C/CCCCCCCC(=O)OCC(COCCC(C(=O)[O-])[N+](C)(C)C)OC(=O)CCCCCCCCCCCCCCCCCCCCC. The lowest BCUT2D eigenvalue weighted by Crippen LogP contribution is -2.55. The molecule has 354 valence electrons. The van der Waals surface area contributed by atoms with Crippen molar-refractivity contribution in [2.45, 2.75) is 231 Å². The van der Waals surface area contributed by atoms with Crippen LogP contribution in [0.5, 0.6) is 0 Å². The monoisotopic (exact) mass is 858 g/mol. The second-order valence-electron chi connectivity index (χ2n) is 18.2. The number of carbonyl (C=O) groups excluding carboxylic acids is 3. The van der Waals surface area contributed by atoms with Crippen molar-refractivity contribution in [3.8, 4) is 0 Å². The summed E-state index contributed by atoms with van der Waals surface area (Å²) in [7, 11) is 5.41. The van der Waals surface area contributed by atoms with Crippen LogP contribution in [0.25, 0.3) is 0 Å². The van der Waals surface area contributed by atoms with Gasteiger partial charge in [-0.15, -0.1) is 0 Å². The third-order valence-electron chi connectivity index (χ3n) is 11.3. The molecule has 61 heavy (non-hydrogen) atoms. The van der Waals surface area contributed by atoms with E-state index in [-0.39, 0.29) is 42.7 Å². The molecular formula is C53H95NO7. The quantitative estimate of drug-likeness (QED) is 0.0260. The van der Waals surface area contributed by atoms with Gasteiger partial charge in [-0.2, -0.15) is 0 Å². The van der Waals surface area contributed by atoms with Gasteiger partial charge in [-0.3, -0.25) is 9.59 Å².